The molecule has 3 nitrogen and oxygen atoms in total. The zero-order chi connectivity index (χ0) is 13.6. The second-order valence-corrected chi connectivity index (χ2v) is 6.57. The van der Waals surface area contributed by atoms with E-state index in [1.54, 1.807) is 7.11 Å². The monoisotopic (exact) mass is 267 g/mol. The van der Waals surface area contributed by atoms with Gasteiger partial charge in [0.15, 0.2) is 0 Å². The molecule has 1 saturated carbocycles. The number of carbonyl (C=O) groups excluding carboxylic acids is 1. The lowest BCUT2D eigenvalue weighted by atomic mass is 9.80. The summed E-state index contributed by atoms with van der Waals surface area (Å²) in [5.74, 6) is 0.725. The smallest absolute Gasteiger partial charge is 0.127 e. The Morgan fingerprint density at radius 2 is 1.79 bits per heavy atom. The number of nitrogens with zero attached hydrogens (tertiary/aromatic N) is 1. The summed E-state index contributed by atoms with van der Waals surface area (Å²) < 4.78 is 5.25. The third-order valence-electron chi connectivity index (χ3n) is 5.00. The van der Waals surface area contributed by atoms with Crippen molar-refractivity contribution in [3.8, 4) is 0 Å². The number of ether oxygens (including phenoxy) is 1. The van der Waals surface area contributed by atoms with Crippen LogP contribution in [-0.2, 0) is 9.53 Å². The van der Waals surface area contributed by atoms with Gasteiger partial charge in [-0.15, -0.1) is 0 Å². The summed E-state index contributed by atoms with van der Waals surface area (Å²) in [7, 11) is 1.79. The molecule has 2 aliphatic rings. The van der Waals surface area contributed by atoms with Crippen LogP contribution < -0.4 is 0 Å². The first-order chi connectivity index (χ1) is 9.28. The molecule has 1 aliphatic carbocycles. The summed E-state index contributed by atoms with van der Waals surface area (Å²) in [6.45, 7) is 4.18. The summed E-state index contributed by atoms with van der Waals surface area (Å²) in [6, 6.07) is 0. The fourth-order valence-corrected chi connectivity index (χ4v) is 3.74. The van der Waals surface area contributed by atoms with Gasteiger partial charge in [0.05, 0.1) is 0 Å². The van der Waals surface area contributed by atoms with E-state index in [0.717, 1.165) is 45.0 Å². The topological polar surface area (TPSA) is 29.5 Å². The first kappa shape index (κ1) is 15.0. The standard InChI is InChI=1S/C16H29NO2/c1-19-12-15-6-10-17(11-7-15)13-16(14-18)8-4-2-3-5-9-16/h14-15H,2-13H2,1H3. The SMILES string of the molecule is COCC1CCN(CC2(C=O)CCCCCC2)CC1. The van der Waals surface area contributed by atoms with Crippen molar-refractivity contribution in [1.29, 1.82) is 0 Å². The van der Waals surface area contributed by atoms with Crippen LogP contribution in [0.5, 0.6) is 0 Å². The van der Waals surface area contributed by atoms with E-state index in [4.69, 9.17) is 4.74 Å². The molecule has 0 unspecified atom stereocenters. The van der Waals surface area contributed by atoms with Gasteiger partial charge in [-0.25, -0.2) is 0 Å². The molecule has 0 aromatic rings. The van der Waals surface area contributed by atoms with E-state index >= 15 is 0 Å². The Labute approximate surface area is 117 Å². The Kier molecular flexibility index (Phi) is 5.83. The minimum absolute atomic E-state index is 0.0371. The van der Waals surface area contributed by atoms with Gasteiger partial charge >= 0.3 is 0 Å². The Balaban J connectivity index is 1.83. The Morgan fingerprint density at radius 3 is 2.32 bits per heavy atom. The van der Waals surface area contributed by atoms with Gasteiger partial charge in [-0.2, -0.15) is 0 Å². The molecular weight excluding hydrogens is 238 g/mol. The molecule has 110 valence electrons. The van der Waals surface area contributed by atoms with Crippen molar-refractivity contribution in [3.05, 3.63) is 0 Å². The van der Waals surface area contributed by atoms with Crippen LogP contribution in [0.15, 0.2) is 0 Å². The summed E-state index contributed by atoms with van der Waals surface area (Å²) in [5, 5.41) is 0. The lowest BCUT2D eigenvalue weighted by Gasteiger charge is -2.37. The highest BCUT2D eigenvalue weighted by atomic mass is 16.5. The van der Waals surface area contributed by atoms with Crippen molar-refractivity contribution in [2.75, 3.05) is 33.4 Å². The summed E-state index contributed by atoms with van der Waals surface area (Å²) >= 11 is 0. The molecular formula is C16H29NO2. The predicted octanol–water partition coefficient (Wildman–Crippen LogP) is 2.88. The highest BCUT2D eigenvalue weighted by molar-refractivity contribution is 5.59. The summed E-state index contributed by atoms with van der Waals surface area (Å²) in [4.78, 5) is 14.1. The van der Waals surface area contributed by atoms with Crippen molar-refractivity contribution in [3.63, 3.8) is 0 Å². The van der Waals surface area contributed by atoms with E-state index in [1.165, 1.54) is 44.8 Å². The minimum Gasteiger partial charge on any atom is -0.384 e. The Bertz CT molecular complexity index is 264. The number of aldehydes is 1. The van der Waals surface area contributed by atoms with Crippen molar-refractivity contribution < 1.29 is 9.53 Å². The number of carbonyl (C=O) groups is 1. The van der Waals surface area contributed by atoms with Crippen molar-refractivity contribution in [1.82, 2.24) is 4.90 Å². The second kappa shape index (κ2) is 7.39. The Hall–Kier alpha value is -0.410. The van der Waals surface area contributed by atoms with E-state index < -0.39 is 0 Å². The lowest BCUT2D eigenvalue weighted by molar-refractivity contribution is -0.118. The van der Waals surface area contributed by atoms with E-state index in [9.17, 15) is 4.79 Å². The molecule has 1 aliphatic heterocycles. The lowest BCUT2D eigenvalue weighted by Crippen LogP contribution is -2.43. The van der Waals surface area contributed by atoms with Gasteiger partial charge in [-0.1, -0.05) is 25.7 Å². The normalized spacial score (nSPS) is 25.9. The molecule has 2 fully saturated rings. The van der Waals surface area contributed by atoms with Gasteiger partial charge in [-0.3, -0.25) is 0 Å². The molecule has 19 heavy (non-hydrogen) atoms. The van der Waals surface area contributed by atoms with Crippen LogP contribution in [0.4, 0.5) is 0 Å². The molecule has 0 radical (unpaired) electrons. The quantitative estimate of drug-likeness (QED) is 0.566. The zero-order valence-electron chi connectivity index (χ0n) is 12.4. The van der Waals surface area contributed by atoms with Gasteiger partial charge in [-0.05, 0) is 44.7 Å². The van der Waals surface area contributed by atoms with E-state index in [0.29, 0.717) is 0 Å². The maximum absolute atomic E-state index is 11.6. The fourth-order valence-electron chi connectivity index (χ4n) is 3.74. The van der Waals surface area contributed by atoms with Gasteiger partial charge in [0, 0.05) is 25.7 Å². The van der Waals surface area contributed by atoms with Crippen LogP contribution in [0.25, 0.3) is 0 Å². The third-order valence-corrected chi connectivity index (χ3v) is 5.00. The van der Waals surface area contributed by atoms with Crippen LogP contribution in [-0.4, -0.2) is 44.5 Å². The number of hydrogen-bond acceptors (Lipinski definition) is 3. The predicted molar refractivity (Wildman–Crippen MR) is 77.2 cm³/mol. The molecule has 0 bridgehead atoms. The van der Waals surface area contributed by atoms with Crippen molar-refractivity contribution in [2.45, 2.75) is 51.4 Å². The van der Waals surface area contributed by atoms with E-state index in [2.05, 4.69) is 4.90 Å². The number of hydrogen-bond donors (Lipinski definition) is 0. The van der Waals surface area contributed by atoms with Crippen molar-refractivity contribution >= 4 is 6.29 Å². The number of methoxy groups -OCH3 is 1. The fraction of sp³-hybridized carbons (Fsp3) is 0.938. The highest BCUT2D eigenvalue weighted by Crippen LogP contribution is 2.35. The molecule has 0 spiro atoms. The molecule has 0 aromatic heterocycles. The van der Waals surface area contributed by atoms with Crippen molar-refractivity contribution in [2.24, 2.45) is 11.3 Å². The molecule has 1 heterocycles. The molecule has 0 amide bonds. The van der Waals surface area contributed by atoms with Crippen LogP contribution >= 0.6 is 0 Å². The molecule has 2 rings (SSSR count). The summed E-state index contributed by atoms with van der Waals surface area (Å²) in [6.07, 6.45) is 11.0. The van der Waals surface area contributed by atoms with Crippen LogP contribution in [0, 0.1) is 11.3 Å². The average molecular weight is 267 g/mol. The van der Waals surface area contributed by atoms with Gasteiger partial charge in [0.1, 0.15) is 6.29 Å². The maximum atomic E-state index is 11.6. The largest absolute Gasteiger partial charge is 0.384 e. The van der Waals surface area contributed by atoms with Crippen LogP contribution in [0.3, 0.4) is 0 Å². The first-order valence-corrected chi connectivity index (χ1v) is 7.96. The van der Waals surface area contributed by atoms with E-state index in [-0.39, 0.29) is 5.41 Å². The van der Waals surface area contributed by atoms with E-state index in [1.807, 2.05) is 0 Å². The first-order valence-electron chi connectivity index (χ1n) is 7.96. The van der Waals surface area contributed by atoms with Crippen LogP contribution in [0.2, 0.25) is 0 Å². The van der Waals surface area contributed by atoms with Gasteiger partial charge in [0.25, 0.3) is 0 Å². The zero-order valence-corrected chi connectivity index (χ0v) is 12.4. The van der Waals surface area contributed by atoms with Crippen LogP contribution in [0.1, 0.15) is 51.4 Å². The molecule has 0 aromatic carbocycles. The maximum Gasteiger partial charge on any atom is 0.127 e. The molecule has 1 saturated heterocycles. The number of rotatable bonds is 5. The van der Waals surface area contributed by atoms with Gasteiger partial charge < -0.3 is 14.4 Å². The Morgan fingerprint density at radius 1 is 1.16 bits per heavy atom. The summed E-state index contributed by atoms with van der Waals surface area (Å²) in [5.41, 5.74) is -0.0371. The second-order valence-electron chi connectivity index (χ2n) is 6.57. The molecule has 0 atom stereocenters. The minimum atomic E-state index is -0.0371. The number of likely N-dealkylation sites (tertiary alicyclic amines) is 1. The average Bonchev–Trinajstić information content (AvgIpc) is 2.68. The third kappa shape index (κ3) is 4.28. The van der Waals surface area contributed by atoms with Gasteiger partial charge in [0.2, 0.25) is 0 Å². The molecule has 0 N–H and O–H groups in total. The molecule has 3 heteroatoms. The number of piperidine rings is 1. The highest BCUT2D eigenvalue weighted by Gasteiger charge is 2.33.